The molecule has 3 aromatic carbocycles. The molecule has 0 radical (unpaired) electrons. The number of rotatable bonds is 6. The summed E-state index contributed by atoms with van der Waals surface area (Å²) in [7, 11) is 0. The molecule has 146 valence electrons. The first-order chi connectivity index (χ1) is 13.4. The number of hydrogen-bond donors (Lipinski definition) is 0. The van der Waals surface area contributed by atoms with Crippen LogP contribution in [-0.4, -0.2) is 0 Å². The second-order valence-corrected chi connectivity index (χ2v) is 7.04. The Morgan fingerprint density at radius 3 is 1.64 bits per heavy atom. The summed E-state index contributed by atoms with van der Waals surface area (Å²) in [5, 5.41) is 0. The van der Waals surface area contributed by atoms with Crippen molar-refractivity contribution in [2.45, 2.75) is 39.5 Å². The molecule has 3 aromatic rings. The van der Waals surface area contributed by atoms with Crippen molar-refractivity contribution in [2.24, 2.45) is 0 Å². The van der Waals surface area contributed by atoms with Gasteiger partial charge in [0.1, 0.15) is 0 Å². The van der Waals surface area contributed by atoms with Gasteiger partial charge in [0.25, 0.3) is 0 Å². The van der Waals surface area contributed by atoms with Gasteiger partial charge in [-0.3, -0.25) is 0 Å². The molecule has 0 N–H and O–H groups in total. The van der Waals surface area contributed by atoms with Crippen LogP contribution in [-0.2, 0) is 19.3 Å². The molecule has 0 bridgehead atoms. The number of hydrogen-bond acceptors (Lipinski definition) is 0. The summed E-state index contributed by atoms with van der Waals surface area (Å²) in [5.74, 6) is -5.33. The summed E-state index contributed by atoms with van der Waals surface area (Å²) >= 11 is 0. The fourth-order valence-electron chi connectivity index (χ4n) is 3.30. The van der Waals surface area contributed by atoms with E-state index >= 15 is 0 Å². The molecule has 0 nitrogen and oxygen atoms in total. The molecule has 0 saturated carbocycles. The van der Waals surface area contributed by atoms with E-state index in [2.05, 4.69) is 0 Å². The smallest absolute Gasteiger partial charge is 0.170 e. The maximum atomic E-state index is 14.6. The van der Waals surface area contributed by atoms with Crippen LogP contribution < -0.4 is 0 Å². The molecule has 0 aliphatic heterocycles. The maximum Gasteiger partial charge on any atom is 0.170 e. The average molecular weight is 386 g/mol. The molecule has 0 aromatic heterocycles. The lowest BCUT2D eigenvalue weighted by molar-refractivity contribution is 0.443. The molecule has 4 heteroatoms. The van der Waals surface area contributed by atoms with Crippen molar-refractivity contribution in [3.8, 4) is 11.1 Å². The van der Waals surface area contributed by atoms with E-state index in [1.165, 1.54) is 12.1 Å². The Morgan fingerprint density at radius 1 is 0.607 bits per heavy atom. The minimum atomic E-state index is -1.35. The Bertz CT molecular complexity index is 928. The SMILES string of the molecule is CCCc1ccc(-c2c(F)c(F)c(CCc3ccc(C)cc3)c(F)c2F)cc1. The van der Waals surface area contributed by atoms with E-state index in [-0.39, 0.29) is 18.4 Å². The second kappa shape index (κ2) is 8.59. The highest BCUT2D eigenvalue weighted by atomic mass is 19.2. The quantitative estimate of drug-likeness (QED) is 0.317. The number of halogens is 4. The van der Waals surface area contributed by atoms with Gasteiger partial charge in [-0.05, 0) is 42.9 Å². The maximum absolute atomic E-state index is 14.6. The third-order valence-electron chi connectivity index (χ3n) is 4.92. The number of benzene rings is 3. The summed E-state index contributed by atoms with van der Waals surface area (Å²) < 4.78 is 58.4. The lowest BCUT2D eigenvalue weighted by atomic mass is 9.96. The normalized spacial score (nSPS) is 11.1. The van der Waals surface area contributed by atoms with Crippen LogP contribution in [0.25, 0.3) is 11.1 Å². The van der Waals surface area contributed by atoms with Crippen LogP contribution >= 0.6 is 0 Å². The number of aryl methyl sites for hydroxylation is 3. The highest BCUT2D eigenvalue weighted by molar-refractivity contribution is 5.66. The van der Waals surface area contributed by atoms with Crippen molar-refractivity contribution in [1.82, 2.24) is 0 Å². The highest BCUT2D eigenvalue weighted by Gasteiger charge is 2.26. The molecule has 0 amide bonds. The zero-order valence-corrected chi connectivity index (χ0v) is 16.0. The molecule has 0 aliphatic rings. The van der Waals surface area contributed by atoms with Crippen molar-refractivity contribution in [2.75, 3.05) is 0 Å². The fraction of sp³-hybridized carbons (Fsp3) is 0.250. The molecule has 3 rings (SSSR count). The van der Waals surface area contributed by atoms with Gasteiger partial charge in [-0.15, -0.1) is 0 Å². The molecule has 0 unspecified atom stereocenters. The first kappa shape index (κ1) is 20.1. The second-order valence-electron chi connectivity index (χ2n) is 7.04. The molecule has 0 atom stereocenters. The van der Waals surface area contributed by atoms with Gasteiger partial charge >= 0.3 is 0 Å². The van der Waals surface area contributed by atoms with Gasteiger partial charge < -0.3 is 0 Å². The molecule has 28 heavy (non-hydrogen) atoms. The molecule has 0 heterocycles. The first-order valence-corrected chi connectivity index (χ1v) is 9.42. The fourth-order valence-corrected chi connectivity index (χ4v) is 3.30. The molecule has 0 fully saturated rings. The van der Waals surface area contributed by atoms with Gasteiger partial charge in [-0.2, -0.15) is 0 Å². The summed E-state index contributed by atoms with van der Waals surface area (Å²) in [6.07, 6.45) is 1.93. The van der Waals surface area contributed by atoms with E-state index < -0.39 is 34.4 Å². The van der Waals surface area contributed by atoms with Crippen molar-refractivity contribution in [1.29, 1.82) is 0 Å². The van der Waals surface area contributed by atoms with Crippen molar-refractivity contribution < 1.29 is 17.6 Å². The highest BCUT2D eigenvalue weighted by Crippen LogP contribution is 2.33. The van der Waals surface area contributed by atoms with Crippen molar-refractivity contribution >= 4 is 0 Å². The van der Waals surface area contributed by atoms with E-state index in [1.807, 2.05) is 38.1 Å². The lowest BCUT2D eigenvalue weighted by Crippen LogP contribution is -2.07. The average Bonchev–Trinajstić information content (AvgIpc) is 2.69. The largest absolute Gasteiger partial charge is 0.203 e. The van der Waals surface area contributed by atoms with Gasteiger partial charge in [0.05, 0.1) is 5.56 Å². The van der Waals surface area contributed by atoms with Crippen LogP contribution in [0.2, 0.25) is 0 Å². The Balaban J connectivity index is 1.93. The van der Waals surface area contributed by atoms with E-state index in [0.29, 0.717) is 0 Å². The first-order valence-electron chi connectivity index (χ1n) is 9.42. The lowest BCUT2D eigenvalue weighted by Gasteiger charge is -2.13. The topological polar surface area (TPSA) is 0 Å². The molecule has 0 spiro atoms. The van der Waals surface area contributed by atoms with Crippen LogP contribution in [0.15, 0.2) is 48.5 Å². The van der Waals surface area contributed by atoms with Crippen LogP contribution in [0.1, 0.15) is 35.6 Å². The Labute approximate surface area is 162 Å². The van der Waals surface area contributed by atoms with Gasteiger partial charge in [-0.25, -0.2) is 17.6 Å². The molecular formula is C24H22F4. The zero-order valence-electron chi connectivity index (χ0n) is 16.0. The van der Waals surface area contributed by atoms with E-state index in [0.717, 1.165) is 29.5 Å². The van der Waals surface area contributed by atoms with E-state index in [1.54, 1.807) is 12.1 Å². The Morgan fingerprint density at radius 2 is 1.11 bits per heavy atom. The summed E-state index contributed by atoms with van der Waals surface area (Å²) in [4.78, 5) is 0. The third kappa shape index (κ3) is 4.11. The van der Waals surface area contributed by atoms with Gasteiger partial charge in [0.2, 0.25) is 0 Å². The standard InChI is InChI=1S/C24H22F4/c1-3-4-16-9-12-18(13-10-16)20-23(27)21(25)19(22(26)24(20)28)14-11-17-7-5-15(2)6-8-17/h5-10,12-13H,3-4,11,14H2,1-2H3. The van der Waals surface area contributed by atoms with Crippen molar-refractivity contribution in [3.05, 3.63) is 94.1 Å². The van der Waals surface area contributed by atoms with Gasteiger partial charge in [0.15, 0.2) is 23.3 Å². The van der Waals surface area contributed by atoms with Crippen LogP contribution in [0.5, 0.6) is 0 Å². The summed E-state index contributed by atoms with van der Waals surface area (Å²) in [6, 6.07) is 13.9. The molecule has 0 aliphatic carbocycles. The van der Waals surface area contributed by atoms with Crippen LogP contribution in [0.3, 0.4) is 0 Å². The predicted molar refractivity (Wildman–Crippen MR) is 104 cm³/mol. The monoisotopic (exact) mass is 386 g/mol. The summed E-state index contributed by atoms with van der Waals surface area (Å²) in [5.41, 5.74) is 1.83. The predicted octanol–water partition coefficient (Wildman–Crippen LogP) is 6.96. The van der Waals surface area contributed by atoms with Crippen molar-refractivity contribution in [3.63, 3.8) is 0 Å². The minimum absolute atomic E-state index is 0.121. The van der Waals surface area contributed by atoms with Gasteiger partial charge in [-0.1, -0.05) is 67.4 Å². The van der Waals surface area contributed by atoms with E-state index in [9.17, 15) is 17.6 Å². The Kier molecular flexibility index (Phi) is 6.18. The summed E-state index contributed by atoms with van der Waals surface area (Å²) in [6.45, 7) is 3.95. The van der Waals surface area contributed by atoms with Gasteiger partial charge in [0, 0.05) is 5.56 Å². The Hall–Kier alpha value is -2.62. The van der Waals surface area contributed by atoms with E-state index in [4.69, 9.17) is 0 Å². The van der Waals surface area contributed by atoms with Crippen LogP contribution in [0.4, 0.5) is 17.6 Å². The minimum Gasteiger partial charge on any atom is -0.203 e. The zero-order chi connectivity index (χ0) is 20.3. The third-order valence-corrected chi connectivity index (χ3v) is 4.92. The van der Waals surface area contributed by atoms with Crippen LogP contribution in [0, 0.1) is 30.2 Å². The molecule has 0 saturated heterocycles. The molecular weight excluding hydrogens is 364 g/mol.